The third-order valence-electron chi connectivity index (χ3n) is 4.97. The molecule has 9 N–H and O–H groups in total. The summed E-state index contributed by atoms with van der Waals surface area (Å²) >= 11 is 0. The van der Waals surface area contributed by atoms with E-state index in [0.29, 0.717) is 25.8 Å². The van der Waals surface area contributed by atoms with Gasteiger partial charge in [-0.15, -0.1) is 0 Å². The highest BCUT2D eigenvalue weighted by atomic mass is 16.4. The lowest BCUT2D eigenvalue weighted by molar-refractivity contribution is -0.147. The zero-order valence-corrected chi connectivity index (χ0v) is 19.0. The molecule has 4 unspecified atom stereocenters. The van der Waals surface area contributed by atoms with Crippen LogP contribution in [0, 0.1) is 0 Å². The first-order valence-corrected chi connectivity index (χ1v) is 10.9. The van der Waals surface area contributed by atoms with Gasteiger partial charge >= 0.3 is 11.9 Å². The molecule has 0 bridgehead atoms. The Bertz CT molecular complexity index is 849. The Morgan fingerprint density at radius 3 is 2.06 bits per heavy atom. The van der Waals surface area contributed by atoms with Gasteiger partial charge in [-0.1, -0.05) is 36.8 Å². The largest absolute Gasteiger partial charge is 0.481 e. The van der Waals surface area contributed by atoms with Crippen molar-refractivity contribution in [2.75, 3.05) is 6.54 Å². The predicted octanol–water partition coefficient (Wildman–Crippen LogP) is -1.28. The number of carbonyl (C=O) groups is 5. The summed E-state index contributed by atoms with van der Waals surface area (Å²) in [6.07, 6.45) is 1.05. The average Bonchev–Trinajstić information content (AvgIpc) is 2.78. The summed E-state index contributed by atoms with van der Waals surface area (Å²) in [6, 6.07) is 4.13. The molecule has 1 aromatic rings. The number of nitrogens with one attached hydrogen (secondary N) is 3. The van der Waals surface area contributed by atoms with Crippen molar-refractivity contribution in [2.45, 2.75) is 63.2 Å². The second kappa shape index (κ2) is 14.6. The zero-order chi connectivity index (χ0) is 25.7. The Morgan fingerprint density at radius 2 is 1.50 bits per heavy atom. The summed E-state index contributed by atoms with van der Waals surface area (Å²) in [7, 11) is 0. The van der Waals surface area contributed by atoms with Gasteiger partial charge in [-0.3, -0.25) is 19.2 Å². The molecule has 1 aromatic carbocycles. The van der Waals surface area contributed by atoms with Crippen molar-refractivity contribution in [1.29, 1.82) is 0 Å². The maximum absolute atomic E-state index is 12.9. The molecule has 12 nitrogen and oxygen atoms in total. The van der Waals surface area contributed by atoms with Crippen molar-refractivity contribution in [3.05, 3.63) is 35.9 Å². The summed E-state index contributed by atoms with van der Waals surface area (Å²) in [6.45, 7) is 1.79. The number of carbonyl (C=O) groups excluding carboxylic acids is 3. The lowest BCUT2D eigenvalue weighted by Crippen LogP contribution is -2.57. The number of rotatable bonds is 15. The summed E-state index contributed by atoms with van der Waals surface area (Å²) in [5.41, 5.74) is 12.1. The number of carboxylic acids is 2. The molecule has 0 aliphatic carbocycles. The summed E-state index contributed by atoms with van der Waals surface area (Å²) in [4.78, 5) is 59.8. The van der Waals surface area contributed by atoms with Gasteiger partial charge in [-0.05, 0) is 31.9 Å². The van der Waals surface area contributed by atoms with E-state index < -0.39 is 60.2 Å². The van der Waals surface area contributed by atoms with Crippen molar-refractivity contribution in [1.82, 2.24) is 16.0 Å². The fourth-order valence-corrected chi connectivity index (χ4v) is 3.03. The van der Waals surface area contributed by atoms with E-state index in [0.717, 1.165) is 5.56 Å². The third-order valence-corrected chi connectivity index (χ3v) is 4.97. The quantitative estimate of drug-likeness (QED) is 0.149. The van der Waals surface area contributed by atoms with Gasteiger partial charge in [0.15, 0.2) is 0 Å². The molecular weight excluding hydrogens is 446 g/mol. The van der Waals surface area contributed by atoms with Gasteiger partial charge in [-0.25, -0.2) is 4.79 Å². The standard InChI is InChI=1S/C22H33N5O7/c1-13(19(30)27-17(22(33)34)12-18(28)29)25-21(32)16(11-14-7-3-2-4-8-14)26-20(31)15(24)9-5-6-10-23/h2-4,7-8,13,15-17H,5-6,9-12,23-24H2,1H3,(H,25,32)(H,26,31)(H,27,30)(H,28,29)(H,33,34). The van der Waals surface area contributed by atoms with Crippen LogP contribution in [0.1, 0.15) is 38.2 Å². The minimum atomic E-state index is -1.66. The Labute approximate surface area is 197 Å². The SMILES string of the molecule is CC(NC(=O)C(Cc1ccccc1)NC(=O)C(N)CCCCN)C(=O)NC(CC(=O)O)C(=O)O. The molecule has 0 aliphatic rings. The van der Waals surface area contributed by atoms with Crippen molar-refractivity contribution in [3.63, 3.8) is 0 Å². The van der Waals surface area contributed by atoms with Gasteiger partial charge in [0.05, 0.1) is 12.5 Å². The Kier molecular flexibility index (Phi) is 12.2. The van der Waals surface area contributed by atoms with E-state index in [1.807, 2.05) is 0 Å². The molecule has 1 rings (SSSR count). The van der Waals surface area contributed by atoms with Gasteiger partial charge < -0.3 is 37.6 Å². The Morgan fingerprint density at radius 1 is 0.882 bits per heavy atom. The van der Waals surface area contributed by atoms with E-state index in [9.17, 15) is 24.0 Å². The first kappa shape index (κ1) is 28.5. The number of hydrogen-bond acceptors (Lipinski definition) is 7. The summed E-state index contributed by atoms with van der Waals surface area (Å²) < 4.78 is 0. The fourth-order valence-electron chi connectivity index (χ4n) is 3.03. The second-order valence-corrected chi connectivity index (χ2v) is 7.87. The van der Waals surface area contributed by atoms with E-state index in [-0.39, 0.29) is 6.42 Å². The second-order valence-electron chi connectivity index (χ2n) is 7.87. The van der Waals surface area contributed by atoms with Crippen LogP contribution in [-0.2, 0) is 30.4 Å². The number of carboxylic acid groups (broad SMARTS) is 2. The monoisotopic (exact) mass is 479 g/mol. The molecule has 0 saturated heterocycles. The molecule has 188 valence electrons. The number of unbranched alkanes of at least 4 members (excludes halogenated alkanes) is 1. The predicted molar refractivity (Wildman–Crippen MR) is 122 cm³/mol. The van der Waals surface area contributed by atoms with E-state index in [2.05, 4.69) is 16.0 Å². The van der Waals surface area contributed by atoms with Crippen LogP contribution in [-0.4, -0.2) is 70.6 Å². The molecule has 0 aliphatic heterocycles. The average molecular weight is 480 g/mol. The number of benzene rings is 1. The van der Waals surface area contributed by atoms with E-state index in [1.54, 1.807) is 30.3 Å². The zero-order valence-electron chi connectivity index (χ0n) is 19.0. The maximum Gasteiger partial charge on any atom is 0.326 e. The molecule has 4 atom stereocenters. The Hall–Kier alpha value is -3.51. The van der Waals surface area contributed by atoms with Crippen molar-refractivity contribution in [3.8, 4) is 0 Å². The topological polar surface area (TPSA) is 214 Å². The lowest BCUT2D eigenvalue weighted by Gasteiger charge is -2.23. The van der Waals surface area contributed by atoms with E-state index in [4.69, 9.17) is 21.7 Å². The summed E-state index contributed by atoms with van der Waals surface area (Å²) in [5, 5.41) is 25.0. The smallest absolute Gasteiger partial charge is 0.326 e. The third kappa shape index (κ3) is 10.4. The Balaban J connectivity index is 2.87. The molecule has 0 spiro atoms. The van der Waals surface area contributed by atoms with Crippen LogP contribution in [0.2, 0.25) is 0 Å². The number of aliphatic carboxylic acids is 2. The van der Waals surface area contributed by atoms with Gasteiger partial charge in [-0.2, -0.15) is 0 Å². The van der Waals surface area contributed by atoms with E-state index >= 15 is 0 Å². The van der Waals surface area contributed by atoms with Crippen LogP contribution < -0.4 is 27.4 Å². The van der Waals surface area contributed by atoms with E-state index in [1.165, 1.54) is 6.92 Å². The molecule has 0 radical (unpaired) electrons. The number of hydrogen-bond donors (Lipinski definition) is 7. The van der Waals surface area contributed by atoms with Crippen LogP contribution in [0.15, 0.2) is 30.3 Å². The minimum absolute atomic E-state index is 0.124. The number of nitrogens with two attached hydrogens (primary N) is 2. The van der Waals surface area contributed by atoms with Crippen LogP contribution in [0.25, 0.3) is 0 Å². The lowest BCUT2D eigenvalue weighted by atomic mass is 10.0. The molecule has 0 aromatic heterocycles. The van der Waals surface area contributed by atoms with Gasteiger partial charge in [0.2, 0.25) is 17.7 Å². The van der Waals surface area contributed by atoms with Gasteiger partial charge in [0, 0.05) is 6.42 Å². The van der Waals surface area contributed by atoms with Crippen molar-refractivity contribution >= 4 is 29.7 Å². The summed E-state index contributed by atoms with van der Waals surface area (Å²) in [5.74, 6) is -5.02. The van der Waals surface area contributed by atoms with Gasteiger partial charge in [0.25, 0.3) is 0 Å². The highest BCUT2D eigenvalue weighted by molar-refractivity contribution is 5.94. The number of amides is 3. The molecule has 12 heteroatoms. The van der Waals surface area contributed by atoms with Crippen LogP contribution in [0.5, 0.6) is 0 Å². The molecular formula is C22H33N5O7. The first-order valence-electron chi connectivity index (χ1n) is 10.9. The van der Waals surface area contributed by atoms with Crippen LogP contribution in [0.3, 0.4) is 0 Å². The normalized spacial score (nSPS) is 14.2. The fraction of sp³-hybridized carbons (Fsp3) is 0.500. The first-order chi connectivity index (χ1) is 16.0. The molecule has 0 saturated carbocycles. The maximum atomic E-state index is 12.9. The van der Waals surface area contributed by atoms with Crippen molar-refractivity contribution in [2.24, 2.45) is 11.5 Å². The minimum Gasteiger partial charge on any atom is -0.481 e. The molecule has 0 fully saturated rings. The highest BCUT2D eigenvalue weighted by Crippen LogP contribution is 2.06. The highest BCUT2D eigenvalue weighted by Gasteiger charge is 2.29. The van der Waals surface area contributed by atoms with Crippen molar-refractivity contribution < 1.29 is 34.2 Å². The van der Waals surface area contributed by atoms with Crippen LogP contribution in [0.4, 0.5) is 0 Å². The van der Waals surface area contributed by atoms with Crippen LogP contribution >= 0.6 is 0 Å². The molecule has 0 heterocycles. The molecule has 3 amide bonds. The van der Waals surface area contributed by atoms with Gasteiger partial charge in [0.1, 0.15) is 18.1 Å². The molecule has 34 heavy (non-hydrogen) atoms.